The molecule has 0 amide bonds. The van der Waals surface area contributed by atoms with Crippen LogP contribution in [0.5, 0.6) is 0 Å². The zero-order chi connectivity index (χ0) is 12.5. The molecule has 1 aliphatic carbocycles. The molecule has 1 aromatic carbocycles. The van der Waals surface area contributed by atoms with E-state index in [0.717, 1.165) is 23.7 Å². The highest BCUT2D eigenvalue weighted by Crippen LogP contribution is 2.30. The van der Waals surface area contributed by atoms with E-state index in [4.69, 9.17) is 10.5 Å². The van der Waals surface area contributed by atoms with Crippen LogP contribution in [0.3, 0.4) is 0 Å². The Labute approximate surface area is 110 Å². The van der Waals surface area contributed by atoms with E-state index in [1.54, 1.807) is 11.3 Å². The number of nitrogens with two attached hydrogens (primary N) is 1. The Balaban J connectivity index is 1.75. The molecule has 1 aromatic heterocycles. The molecule has 0 spiro atoms. The van der Waals surface area contributed by atoms with Crippen molar-refractivity contribution in [1.29, 1.82) is 0 Å². The molecule has 3 rings (SSSR count). The number of hydrogen-bond donors (Lipinski definition) is 2. The van der Waals surface area contributed by atoms with Crippen LogP contribution in [0.25, 0.3) is 10.2 Å². The van der Waals surface area contributed by atoms with E-state index in [1.807, 2.05) is 25.1 Å². The van der Waals surface area contributed by atoms with E-state index in [-0.39, 0.29) is 18.2 Å². The van der Waals surface area contributed by atoms with Gasteiger partial charge in [-0.2, -0.15) is 0 Å². The van der Waals surface area contributed by atoms with Gasteiger partial charge in [-0.15, -0.1) is 0 Å². The minimum atomic E-state index is 0.161. The Morgan fingerprint density at radius 2 is 2.33 bits per heavy atom. The minimum absolute atomic E-state index is 0.161. The predicted molar refractivity (Wildman–Crippen MR) is 75.0 cm³/mol. The third-order valence-electron chi connectivity index (χ3n) is 3.33. The summed E-state index contributed by atoms with van der Waals surface area (Å²) in [7, 11) is 0. The van der Waals surface area contributed by atoms with E-state index < -0.39 is 0 Å². The molecule has 3 atom stereocenters. The standard InChI is InChI=1S/C13H17N3OS/c1-2-17-10-7-8(14)12(10)16-13-15-9-5-3-4-6-11(9)18-13/h3-6,8,10,12H,2,7,14H2,1H3,(H,15,16). The first-order valence-electron chi connectivity index (χ1n) is 6.27. The molecule has 3 N–H and O–H groups in total. The van der Waals surface area contributed by atoms with Crippen molar-refractivity contribution in [3.63, 3.8) is 0 Å². The largest absolute Gasteiger partial charge is 0.376 e. The van der Waals surface area contributed by atoms with Crippen LogP contribution < -0.4 is 11.1 Å². The van der Waals surface area contributed by atoms with E-state index in [2.05, 4.69) is 16.4 Å². The number of rotatable bonds is 4. The number of nitrogens with one attached hydrogen (secondary N) is 1. The van der Waals surface area contributed by atoms with E-state index in [9.17, 15) is 0 Å². The average Bonchev–Trinajstić information content (AvgIpc) is 2.78. The van der Waals surface area contributed by atoms with E-state index >= 15 is 0 Å². The Morgan fingerprint density at radius 3 is 3.06 bits per heavy atom. The summed E-state index contributed by atoms with van der Waals surface area (Å²) < 4.78 is 6.84. The van der Waals surface area contributed by atoms with Crippen molar-refractivity contribution in [1.82, 2.24) is 4.98 Å². The van der Waals surface area contributed by atoms with E-state index in [0.29, 0.717) is 0 Å². The van der Waals surface area contributed by atoms with Crippen LogP contribution in [0.4, 0.5) is 5.13 Å². The summed E-state index contributed by atoms with van der Waals surface area (Å²) >= 11 is 1.66. The number of ether oxygens (including phenoxy) is 1. The summed E-state index contributed by atoms with van der Waals surface area (Å²) in [5, 5.41) is 4.34. The first-order valence-corrected chi connectivity index (χ1v) is 7.09. The second kappa shape index (κ2) is 4.84. The fraction of sp³-hybridized carbons (Fsp3) is 0.462. The van der Waals surface area contributed by atoms with Gasteiger partial charge < -0.3 is 15.8 Å². The lowest BCUT2D eigenvalue weighted by molar-refractivity contribution is -0.0126. The van der Waals surface area contributed by atoms with Gasteiger partial charge in [-0.05, 0) is 25.5 Å². The van der Waals surface area contributed by atoms with Crippen LogP contribution in [0.2, 0.25) is 0 Å². The summed E-state index contributed by atoms with van der Waals surface area (Å²) in [6.07, 6.45) is 1.15. The number of anilines is 1. The summed E-state index contributed by atoms with van der Waals surface area (Å²) in [6.45, 7) is 2.74. The van der Waals surface area contributed by atoms with Gasteiger partial charge in [0.2, 0.25) is 0 Å². The number of benzene rings is 1. The lowest BCUT2D eigenvalue weighted by atomic mass is 9.83. The van der Waals surface area contributed by atoms with Gasteiger partial charge in [0.1, 0.15) is 0 Å². The number of nitrogens with zero attached hydrogens (tertiary/aromatic N) is 1. The van der Waals surface area contributed by atoms with Crippen molar-refractivity contribution < 1.29 is 4.74 Å². The molecule has 5 heteroatoms. The van der Waals surface area contributed by atoms with Crippen LogP contribution in [0, 0.1) is 0 Å². The van der Waals surface area contributed by atoms with Gasteiger partial charge in [-0.3, -0.25) is 0 Å². The lowest BCUT2D eigenvalue weighted by Crippen LogP contribution is -2.60. The van der Waals surface area contributed by atoms with Crippen LogP contribution >= 0.6 is 11.3 Å². The smallest absolute Gasteiger partial charge is 0.184 e. The fourth-order valence-electron chi connectivity index (χ4n) is 2.30. The Bertz CT molecular complexity index is 507. The molecule has 0 aliphatic heterocycles. The van der Waals surface area contributed by atoms with Crippen molar-refractivity contribution in [2.24, 2.45) is 5.73 Å². The Hall–Kier alpha value is -1.17. The summed E-state index contributed by atoms with van der Waals surface area (Å²) in [5.74, 6) is 0. The topological polar surface area (TPSA) is 60.2 Å². The van der Waals surface area contributed by atoms with Crippen molar-refractivity contribution in [3.8, 4) is 0 Å². The zero-order valence-corrected chi connectivity index (χ0v) is 11.1. The van der Waals surface area contributed by atoms with Gasteiger partial charge in [0.25, 0.3) is 0 Å². The Kier molecular flexibility index (Phi) is 3.20. The number of aromatic nitrogens is 1. The summed E-state index contributed by atoms with van der Waals surface area (Å²) in [5.41, 5.74) is 7.05. The molecule has 2 aromatic rings. The second-order valence-electron chi connectivity index (χ2n) is 4.55. The molecule has 18 heavy (non-hydrogen) atoms. The number of fused-ring (bicyclic) bond motifs is 1. The van der Waals surface area contributed by atoms with Crippen LogP contribution in [0.15, 0.2) is 24.3 Å². The maximum Gasteiger partial charge on any atom is 0.184 e. The molecule has 0 radical (unpaired) electrons. The summed E-state index contributed by atoms with van der Waals surface area (Å²) in [6, 6.07) is 8.49. The maximum absolute atomic E-state index is 6.02. The van der Waals surface area contributed by atoms with Gasteiger partial charge in [-0.25, -0.2) is 4.98 Å². The molecular formula is C13H17N3OS. The van der Waals surface area contributed by atoms with Crippen molar-refractivity contribution in [2.45, 2.75) is 31.5 Å². The molecule has 3 unspecified atom stereocenters. The quantitative estimate of drug-likeness (QED) is 0.888. The average molecular weight is 263 g/mol. The van der Waals surface area contributed by atoms with Gasteiger partial charge in [0.05, 0.1) is 22.4 Å². The van der Waals surface area contributed by atoms with E-state index in [1.165, 1.54) is 4.70 Å². The third kappa shape index (κ3) is 2.09. The zero-order valence-electron chi connectivity index (χ0n) is 10.3. The molecule has 1 heterocycles. The van der Waals surface area contributed by atoms with Gasteiger partial charge in [0.15, 0.2) is 5.13 Å². The molecular weight excluding hydrogens is 246 g/mol. The van der Waals surface area contributed by atoms with Crippen LogP contribution in [-0.2, 0) is 4.74 Å². The van der Waals surface area contributed by atoms with Crippen LogP contribution in [-0.4, -0.2) is 29.8 Å². The fourth-order valence-corrected chi connectivity index (χ4v) is 3.22. The highest BCUT2D eigenvalue weighted by atomic mass is 32.1. The normalized spacial score (nSPS) is 27.1. The molecule has 1 saturated carbocycles. The third-order valence-corrected chi connectivity index (χ3v) is 4.30. The van der Waals surface area contributed by atoms with Crippen molar-refractivity contribution in [2.75, 3.05) is 11.9 Å². The second-order valence-corrected chi connectivity index (χ2v) is 5.58. The number of hydrogen-bond acceptors (Lipinski definition) is 5. The minimum Gasteiger partial charge on any atom is -0.376 e. The first-order chi connectivity index (χ1) is 8.78. The molecule has 0 bridgehead atoms. The monoisotopic (exact) mass is 263 g/mol. The highest BCUT2D eigenvalue weighted by Gasteiger charge is 2.39. The highest BCUT2D eigenvalue weighted by molar-refractivity contribution is 7.22. The molecule has 0 saturated heterocycles. The maximum atomic E-state index is 6.02. The van der Waals surface area contributed by atoms with Gasteiger partial charge in [-0.1, -0.05) is 23.5 Å². The number of para-hydroxylation sites is 1. The number of thiazole rings is 1. The van der Waals surface area contributed by atoms with Gasteiger partial charge >= 0.3 is 0 Å². The predicted octanol–water partition coefficient (Wildman–Crippen LogP) is 2.21. The van der Waals surface area contributed by atoms with Crippen molar-refractivity contribution >= 4 is 26.7 Å². The SMILES string of the molecule is CCOC1CC(N)C1Nc1nc2ccccc2s1. The van der Waals surface area contributed by atoms with Crippen LogP contribution in [0.1, 0.15) is 13.3 Å². The molecule has 1 aliphatic rings. The first kappa shape index (κ1) is 11.9. The lowest BCUT2D eigenvalue weighted by Gasteiger charge is -2.42. The molecule has 1 fully saturated rings. The molecule has 4 nitrogen and oxygen atoms in total. The summed E-state index contributed by atoms with van der Waals surface area (Å²) in [4.78, 5) is 4.56. The Morgan fingerprint density at radius 1 is 1.50 bits per heavy atom. The molecule has 96 valence electrons. The van der Waals surface area contributed by atoms with Gasteiger partial charge in [0, 0.05) is 12.6 Å². The van der Waals surface area contributed by atoms with Crippen molar-refractivity contribution in [3.05, 3.63) is 24.3 Å².